The van der Waals surface area contributed by atoms with Gasteiger partial charge >= 0.3 is 0 Å². The van der Waals surface area contributed by atoms with Crippen LogP contribution in [0.3, 0.4) is 0 Å². The van der Waals surface area contributed by atoms with Crippen molar-refractivity contribution in [2.75, 3.05) is 0 Å². The van der Waals surface area contributed by atoms with E-state index in [9.17, 15) is 9.59 Å². The Kier molecular flexibility index (Phi) is 2.79. The molecule has 6 heteroatoms. The first kappa shape index (κ1) is 11.9. The number of halogens is 1. The maximum Gasteiger partial charge on any atom is 0.289 e. The van der Waals surface area contributed by atoms with E-state index >= 15 is 0 Å². The van der Waals surface area contributed by atoms with Crippen LogP contribution in [0.25, 0.3) is 16.6 Å². The molecule has 3 aromatic rings. The van der Waals surface area contributed by atoms with Gasteiger partial charge in [-0.25, -0.2) is 4.68 Å². The molecule has 0 saturated heterocycles. The molecular weight excluding hydrogens is 310 g/mol. The molecule has 0 amide bonds. The fraction of sp³-hybridized carbons (Fsp3) is 0. The highest BCUT2D eigenvalue weighted by molar-refractivity contribution is 9.10. The van der Waals surface area contributed by atoms with Gasteiger partial charge in [-0.3, -0.25) is 19.7 Å². The molecule has 0 aliphatic carbocycles. The monoisotopic (exact) mass is 317 g/mol. The smallest absolute Gasteiger partial charge is 0.267 e. The predicted octanol–water partition coefficient (Wildman–Crippen LogP) is 1.84. The molecule has 0 unspecified atom stereocenters. The standard InChI is InChI=1S/C13H8BrN3O2/c14-8-3-5-9(6-4-8)17-13(19)10-2-1-7-15-11(10)12(18)16-17/h1-7H,(H,16,18). The molecule has 0 aliphatic heterocycles. The van der Waals surface area contributed by atoms with Crippen LogP contribution in [0.2, 0.25) is 0 Å². The summed E-state index contributed by atoms with van der Waals surface area (Å²) in [6.45, 7) is 0. The molecule has 0 fully saturated rings. The number of nitrogens with zero attached hydrogens (tertiary/aromatic N) is 2. The second-order valence-electron chi connectivity index (χ2n) is 3.96. The van der Waals surface area contributed by atoms with Crippen LogP contribution in [0.15, 0.2) is 56.7 Å². The Morgan fingerprint density at radius 2 is 1.84 bits per heavy atom. The lowest BCUT2D eigenvalue weighted by Gasteiger charge is -2.06. The molecule has 94 valence electrons. The number of nitrogens with one attached hydrogen (secondary N) is 1. The third kappa shape index (κ3) is 2.00. The zero-order valence-electron chi connectivity index (χ0n) is 9.63. The van der Waals surface area contributed by atoms with E-state index in [-0.39, 0.29) is 11.1 Å². The fourth-order valence-electron chi connectivity index (χ4n) is 1.86. The second-order valence-corrected chi connectivity index (χ2v) is 4.87. The molecule has 1 N–H and O–H groups in total. The third-order valence-electron chi connectivity index (χ3n) is 2.75. The van der Waals surface area contributed by atoms with Crippen molar-refractivity contribution >= 4 is 26.8 Å². The Morgan fingerprint density at radius 1 is 1.11 bits per heavy atom. The van der Waals surface area contributed by atoms with Crippen LogP contribution < -0.4 is 11.1 Å². The highest BCUT2D eigenvalue weighted by atomic mass is 79.9. The summed E-state index contributed by atoms with van der Waals surface area (Å²) < 4.78 is 2.12. The lowest BCUT2D eigenvalue weighted by atomic mass is 10.3. The molecular formula is C13H8BrN3O2. The summed E-state index contributed by atoms with van der Waals surface area (Å²) in [6.07, 6.45) is 1.49. The van der Waals surface area contributed by atoms with Crippen LogP contribution in [0.4, 0.5) is 0 Å². The molecule has 0 spiro atoms. The predicted molar refractivity (Wildman–Crippen MR) is 75.7 cm³/mol. The van der Waals surface area contributed by atoms with E-state index in [1.165, 1.54) is 10.9 Å². The number of H-pyrrole nitrogens is 1. The first-order chi connectivity index (χ1) is 9.16. The Morgan fingerprint density at radius 3 is 2.58 bits per heavy atom. The topological polar surface area (TPSA) is 67.8 Å². The van der Waals surface area contributed by atoms with Gasteiger partial charge in [0.05, 0.1) is 11.1 Å². The first-order valence-corrected chi connectivity index (χ1v) is 6.32. The molecule has 2 heterocycles. The van der Waals surface area contributed by atoms with Crippen molar-refractivity contribution in [1.82, 2.24) is 14.8 Å². The van der Waals surface area contributed by atoms with Crippen molar-refractivity contribution in [2.24, 2.45) is 0 Å². The maximum absolute atomic E-state index is 12.3. The molecule has 2 aromatic heterocycles. The minimum atomic E-state index is -0.391. The van der Waals surface area contributed by atoms with Gasteiger partial charge in [0.25, 0.3) is 11.1 Å². The Balaban J connectivity index is 2.37. The van der Waals surface area contributed by atoms with Gasteiger partial charge in [0.1, 0.15) is 5.52 Å². The maximum atomic E-state index is 12.3. The lowest BCUT2D eigenvalue weighted by molar-refractivity contribution is 0.799. The van der Waals surface area contributed by atoms with Crippen LogP contribution in [0.1, 0.15) is 0 Å². The first-order valence-electron chi connectivity index (χ1n) is 5.53. The summed E-state index contributed by atoms with van der Waals surface area (Å²) in [6, 6.07) is 10.3. The molecule has 0 aliphatic rings. The quantitative estimate of drug-likeness (QED) is 0.744. The SMILES string of the molecule is O=c1[nH]n(-c2ccc(Br)cc2)c(=O)c2cccnc12. The summed E-state index contributed by atoms with van der Waals surface area (Å²) in [4.78, 5) is 28.1. The highest BCUT2D eigenvalue weighted by Crippen LogP contribution is 2.12. The molecule has 0 saturated carbocycles. The van der Waals surface area contributed by atoms with Gasteiger partial charge in [-0.2, -0.15) is 0 Å². The average Bonchev–Trinajstić information content (AvgIpc) is 2.44. The second kappa shape index (κ2) is 4.47. The van der Waals surface area contributed by atoms with E-state index in [2.05, 4.69) is 26.0 Å². The summed E-state index contributed by atoms with van der Waals surface area (Å²) in [5.41, 5.74) is 0.0556. The van der Waals surface area contributed by atoms with Gasteiger partial charge in [0, 0.05) is 10.7 Å². The van der Waals surface area contributed by atoms with E-state index < -0.39 is 5.56 Å². The van der Waals surface area contributed by atoms with Gasteiger partial charge < -0.3 is 0 Å². The number of fused-ring (bicyclic) bond motifs is 1. The lowest BCUT2D eigenvalue weighted by Crippen LogP contribution is -2.28. The highest BCUT2D eigenvalue weighted by Gasteiger charge is 2.08. The van der Waals surface area contributed by atoms with Crippen molar-refractivity contribution in [3.05, 3.63) is 67.8 Å². The molecule has 0 atom stereocenters. The van der Waals surface area contributed by atoms with Crippen LogP contribution in [0, 0.1) is 0 Å². The summed E-state index contributed by atoms with van der Waals surface area (Å²) in [5, 5.41) is 2.83. The number of aromatic nitrogens is 3. The fourth-order valence-corrected chi connectivity index (χ4v) is 2.12. The number of hydrogen-bond donors (Lipinski definition) is 1. The van der Waals surface area contributed by atoms with Crippen molar-refractivity contribution in [2.45, 2.75) is 0 Å². The molecule has 0 radical (unpaired) electrons. The molecule has 3 rings (SSSR count). The Bertz CT molecular complexity index is 865. The number of rotatable bonds is 1. The van der Waals surface area contributed by atoms with Crippen molar-refractivity contribution in [3.63, 3.8) is 0 Å². The number of hydrogen-bond acceptors (Lipinski definition) is 3. The van der Waals surface area contributed by atoms with Gasteiger partial charge in [-0.05, 0) is 36.4 Å². The molecule has 5 nitrogen and oxygen atoms in total. The van der Waals surface area contributed by atoms with E-state index in [4.69, 9.17) is 0 Å². The number of pyridine rings is 1. The van der Waals surface area contributed by atoms with Gasteiger partial charge in [-0.1, -0.05) is 15.9 Å². The minimum absolute atomic E-state index is 0.154. The summed E-state index contributed by atoms with van der Waals surface area (Å²) >= 11 is 3.32. The van der Waals surface area contributed by atoms with Crippen LogP contribution in [-0.2, 0) is 0 Å². The average molecular weight is 318 g/mol. The zero-order chi connectivity index (χ0) is 13.4. The zero-order valence-corrected chi connectivity index (χ0v) is 11.2. The molecule has 19 heavy (non-hydrogen) atoms. The minimum Gasteiger partial charge on any atom is -0.267 e. The van der Waals surface area contributed by atoms with E-state index in [1.54, 1.807) is 36.4 Å². The van der Waals surface area contributed by atoms with Crippen LogP contribution in [-0.4, -0.2) is 14.8 Å². The van der Waals surface area contributed by atoms with E-state index in [1.807, 2.05) is 0 Å². The number of aromatic amines is 1. The molecule has 1 aromatic carbocycles. The van der Waals surface area contributed by atoms with Crippen LogP contribution >= 0.6 is 15.9 Å². The van der Waals surface area contributed by atoms with Crippen molar-refractivity contribution < 1.29 is 0 Å². The largest absolute Gasteiger partial charge is 0.289 e. The van der Waals surface area contributed by atoms with Crippen LogP contribution in [0.5, 0.6) is 0 Å². The normalized spacial score (nSPS) is 10.8. The Labute approximate surface area is 115 Å². The van der Waals surface area contributed by atoms with E-state index in [0.29, 0.717) is 11.1 Å². The summed E-state index contributed by atoms with van der Waals surface area (Å²) in [7, 11) is 0. The molecule has 0 bridgehead atoms. The third-order valence-corrected chi connectivity index (χ3v) is 3.28. The van der Waals surface area contributed by atoms with Gasteiger partial charge in [0.15, 0.2) is 0 Å². The number of benzene rings is 1. The van der Waals surface area contributed by atoms with Crippen molar-refractivity contribution in [3.8, 4) is 5.69 Å². The summed E-state index contributed by atoms with van der Waals surface area (Å²) in [5.74, 6) is 0. The van der Waals surface area contributed by atoms with E-state index in [0.717, 1.165) is 4.47 Å². The van der Waals surface area contributed by atoms with Crippen molar-refractivity contribution in [1.29, 1.82) is 0 Å². The van der Waals surface area contributed by atoms with Gasteiger partial charge in [0.2, 0.25) is 0 Å². The van der Waals surface area contributed by atoms with Gasteiger partial charge in [-0.15, -0.1) is 0 Å². The Hall–Kier alpha value is -2.21.